The predicted octanol–water partition coefficient (Wildman–Crippen LogP) is 2.06. The number of halogens is 1. The molecule has 3 N–H and O–H groups in total. The first-order chi connectivity index (χ1) is 10.1. The van der Waals surface area contributed by atoms with Crippen molar-refractivity contribution in [1.29, 1.82) is 0 Å². The number of pyridine rings is 1. The number of nitrogens with one attached hydrogen (secondary N) is 1. The largest absolute Gasteiger partial charge is 0.506 e. The molecule has 2 rings (SSSR count). The summed E-state index contributed by atoms with van der Waals surface area (Å²) < 4.78 is 13.0. The van der Waals surface area contributed by atoms with Crippen molar-refractivity contribution in [2.75, 3.05) is 6.54 Å². The van der Waals surface area contributed by atoms with Crippen LogP contribution in [0.15, 0.2) is 30.5 Å². The molecule has 0 aliphatic heterocycles. The molecule has 0 spiro atoms. The molecule has 2 aromatic rings. The maximum absolute atomic E-state index is 13.0. The average molecular weight is 290 g/mol. The summed E-state index contributed by atoms with van der Waals surface area (Å²) >= 11 is 0. The molecule has 21 heavy (non-hydrogen) atoms. The zero-order valence-corrected chi connectivity index (χ0v) is 11.9. The average Bonchev–Trinajstić information content (AvgIpc) is 2.48. The zero-order valence-electron chi connectivity index (χ0n) is 11.9. The summed E-state index contributed by atoms with van der Waals surface area (Å²) in [5, 5.41) is 22.5. The van der Waals surface area contributed by atoms with Crippen LogP contribution in [-0.2, 0) is 19.6 Å². The van der Waals surface area contributed by atoms with Gasteiger partial charge in [-0.05, 0) is 37.6 Å². The summed E-state index contributed by atoms with van der Waals surface area (Å²) in [6, 6.07) is 6.49. The van der Waals surface area contributed by atoms with Gasteiger partial charge in [0.05, 0.1) is 12.3 Å². The Bertz CT molecular complexity index is 617. The highest BCUT2D eigenvalue weighted by atomic mass is 19.1. The van der Waals surface area contributed by atoms with E-state index >= 15 is 0 Å². The van der Waals surface area contributed by atoms with E-state index < -0.39 is 0 Å². The van der Waals surface area contributed by atoms with Gasteiger partial charge in [0.15, 0.2) is 0 Å². The van der Waals surface area contributed by atoms with E-state index in [4.69, 9.17) is 0 Å². The summed E-state index contributed by atoms with van der Waals surface area (Å²) in [6.07, 6.45) is 2.26. The fourth-order valence-corrected chi connectivity index (χ4v) is 2.16. The molecule has 0 atom stereocenters. The summed E-state index contributed by atoms with van der Waals surface area (Å²) in [6.45, 7) is 2.63. The smallest absolute Gasteiger partial charge is 0.141 e. The van der Waals surface area contributed by atoms with E-state index in [1.165, 1.54) is 12.1 Å². The molecule has 0 saturated carbocycles. The lowest BCUT2D eigenvalue weighted by Gasteiger charge is -2.12. The maximum atomic E-state index is 13.0. The van der Waals surface area contributed by atoms with Crippen molar-refractivity contribution >= 4 is 0 Å². The van der Waals surface area contributed by atoms with Crippen LogP contribution < -0.4 is 5.32 Å². The molecule has 0 aliphatic rings. The van der Waals surface area contributed by atoms with Crippen molar-refractivity contribution in [1.82, 2.24) is 10.3 Å². The Kier molecular flexibility index (Phi) is 5.25. The standard InChI is InChI=1S/C16H19FN2O2/c1-11-16(21)15(13(10-20)8-19-11)9-18-6-5-12-3-2-4-14(17)7-12/h2-4,7-8,18,20-21H,5-6,9-10H2,1H3. The van der Waals surface area contributed by atoms with Crippen LogP contribution in [0.5, 0.6) is 5.75 Å². The van der Waals surface area contributed by atoms with Crippen LogP contribution in [0.3, 0.4) is 0 Å². The van der Waals surface area contributed by atoms with Crippen molar-refractivity contribution in [3.05, 3.63) is 58.7 Å². The second kappa shape index (κ2) is 7.15. The van der Waals surface area contributed by atoms with E-state index in [9.17, 15) is 14.6 Å². The molecule has 0 bridgehead atoms. The van der Waals surface area contributed by atoms with Crippen LogP contribution in [0.2, 0.25) is 0 Å². The second-order valence-electron chi connectivity index (χ2n) is 4.91. The number of aromatic nitrogens is 1. The maximum Gasteiger partial charge on any atom is 0.141 e. The molecule has 0 amide bonds. The second-order valence-corrected chi connectivity index (χ2v) is 4.91. The van der Waals surface area contributed by atoms with Gasteiger partial charge in [-0.2, -0.15) is 0 Å². The Morgan fingerprint density at radius 1 is 1.33 bits per heavy atom. The van der Waals surface area contributed by atoms with Gasteiger partial charge in [-0.25, -0.2) is 4.39 Å². The van der Waals surface area contributed by atoms with Crippen molar-refractivity contribution in [2.45, 2.75) is 26.5 Å². The molecule has 0 aliphatic carbocycles. The highest BCUT2D eigenvalue weighted by molar-refractivity contribution is 5.40. The molecular formula is C16H19FN2O2. The lowest BCUT2D eigenvalue weighted by atomic mass is 10.1. The monoisotopic (exact) mass is 290 g/mol. The molecule has 5 heteroatoms. The first-order valence-electron chi connectivity index (χ1n) is 6.84. The SMILES string of the molecule is Cc1ncc(CO)c(CNCCc2cccc(F)c2)c1O. The van der Waals surface area contributed by atoms with E-state index in [2.05, 4.69) is 10.3 Å². The van der Waals surface area contributed by atoms with Gasteiger partial charge in [0.1, 0.15) is 11.6 Å². The summed E-state index contributed by atoms with van der Waals surface area (Å²) in [5.74, 6) is -0.128. The van der Waals surface area contributed by atoms with Gasteiger partial charge >= 0.3 is 0 Å². The fourth-order valence-electron chi connectivity index (χ4n) is 2.16. The molecule has 0 fully saturated rings. The number of nitrogens with zero attached hydrogens (tertiary/aromatic N) is 1. The molecule has 1 aromatic heterocycles. The van der Waals surface area contributed by atoms with Crippen LogP contribution in [0.4, 0.5) is 4.39 Å². The minimum absolute atomic E-state index is 0.111. The lowest BCUT2D eigenvalue weighted by Crippen LogP contribution is -2.18. The lowest BCUT2D eigenvalue weighted by molar-refractivity contribution is 0.278. The van der Waals surface area contributed by atoms with Crippen LogP contribution in [0, 0.1) is 12.7 Å². The molecule has 0 unspecified atom stereocenters. The first-order valence-corrected chi connectivity index (χ1v) is 6.84. The normalized spacial score (nSPS) is 10.8. The fraction of sp³-hybridized carbons (Fsp3) is 0.312. The van der Waals surface area contributed by atoms with Gasteiger partial charge in [-0.1, -0.05) is 12.1 Å². The van der Waals surface area contributed by atoms with Crippen molar-refractivity contribution in [2.24, 2.45) is 0 Å². The molecule has 0 radical (unpaired) electrons. The quantitative estimate of drug-likeness (QED) is 0.713. The molecule has 1 aromatic carbocycles. The topological polar surface area (TPSA) is 65.4 Å². The van der Waals surface area contributed by atoms with Crippen LogP contribution in [0.1, 0.15) is 22.4 Å². The Morgan fingerprint density at radius 2 is 2.14 bits per heavy atom. The number of rotatable bonds is 6. The summed E-state index contributed by atoms with van der Waals surface area (Å²) in [7, 11) is 0. The van der Waals surface area contributed by atoms with E-state index in [1.54, 1.807) is 19.2 Å². The zero-order chi connectivity index (χ0) is 15.2. The third kappa shape index (κ3) is 4.00. The number of aryl methyl sites for hydroxylation is 1. The van der Waals surface area contributed by atoms with E-state index in [-0.39, 0.29) is 18.2 Å². The van der Waals surface area contributed by atoms with Crippen molar-refractivity contribution in [3.63, 3.8) is 0 Å². The van der Waals surface area contributed by atoms with Crippen LogP contribution in [-0.4, -0.2) is 21.7 Å². The number of aromatic hydroxyl groups is 1. The highest BCUT2D eigenvalue weighted by Crippen LogP contribution is 2.23. The third-order valence-corrected chi connectivity index (χ3v) is 3.38. The Morgan fingerprint density at radius 3 is 2.86 bits per heavy atom. The van der Waals surface area contributed by atoms with Gasteiger partial charge in [-0.15, -0.1) is 0 Å². The summed E-state index contributed by atoms with van der Waals surface area (Å²) in [4.78, 5) is 4.02. The molecule has 112 valence electrons. The minimum Gasteiger partial charge on any atom is -0.506 e. The van der Waals surface area contributed by atoms with E-state index in [0.717, 1.165) is 5.56 Å². The number of aliphatic hydroxyl groups is 1. The number of aliphatic hydroxyl groups excluding tert-OH is 1. The highest BCUT2D eigenvalue weighted by Gasteiger charge is 2.10. The first kappa shape index (κ1) is 15.4. The summed E-state index contributed by atoms with van der Waals surface area (Å²) in [5.41, 5.74) is 2.72. The van der Waals surface area contributed by atoms with Gasteiger partial charge < -0.3 is 15.5 Å². The Balaban J connectivity index is 1.93. The molecular weight excluding hydrogens is 271 g/mol. The molecule has 1 heterocycles. The molecule has 4 nitrogen and oxygen atoms in total. The van der Waals surface area contributed by atoms with Gasteiger partial charge in [0, 0.05) is 23.9 Å². The van der Waals surface area contributed by atoms with Gasteiger partial charge in [-0.3, -0.25) is 4.98 Å². The van der Waals surface area contributed by atoms with Crippen molar-refractivity contribution in [3.8, 4) is 5.75 Å². The Labute approximate surface area is 123 Å². The minimum atomic E-state index is -0.238. The third-order valence-electron chi connectivity index (χ3n) is 3.38. The van der Waals surface area contributed by atoms with Crippen molar-refractivity contribution < 1.29 is 14.6 Å². The van der Waals surface area contributed by atoms with Gasteiger partial charge in [0.25, 0.3) is 0 Å². The van der Waals surface area contributed by atoms with E-state index in [1.807, 2.05) is 6.07 Å². The number of hydrogen-bond donors (Lipinski definition) is 3. The molecule has 0 saturated heterocycles. The van der Waals surface area contributed by atoms with Gasteiger partial charge in [0.2, 0.25) is 0 Å². The van der Waals surface area contributed by atoms with Crippen LogP contribution >= 0.6 is 0 Å². The predicted molar refractivity (Wildman–Crippen MR) is 78.4 cm³/mol. The Hall–Kier alpha value is -1.98. The number of hydrogen-bond acceptors (Lipinski definition) is 4. The van der Waals surface area contributed by atoms with Crippen LogP contribution in [0.25, 0.3) is 0 Å². The number of benzene rings is 1. The van der Waals surface area contributed by atoms with E-state index in [0.29, 0.717) is 36.3 Å².